The highest BCUT2D eigenvalue weighted by molar-refractivity contribution is 9.10. The van der Waals surface area contributed by atoms with Crippen LogP contribution in [0.15, 0.2) is 120 Å². The highest BCUT2D eigenvalue weighted by Gasteiger charge is 2.13. The maximum absolute atomic E-state index is 9.23. The molecule has 0 saturated carbocycles. The van der Waals surface area contributed by atoms with Crippen molar-refractivity contribution in [1.82, 2.24) is 15.0 Å². The van der Waals surface area contributed by atoms with E-state index in [0.29, 0.717) is 11.4 Å². The van der Waals surface area contributed by atoms with Crippen molar-refractivity contribution >= 4 is 26.7 Å². The van der Waals surface area contributed by atoms with Gasteiger partial charge >= 0.3 is 0 Å². The van der Waals surface area contributed by atoms with Gasteiger partial charge in [0.2, 0.25) is 0 Å². The minimum atomic E-state index is 0.600. The van der Waals surface area contributed by atoms with Gasteiger partial charge in [-0.2, -0.15) is 5.26 Å². The second-order valence-electron chi connectivity index (χ2n) is 8.68. The second kappa shape index (κ2) is 9.77. The molecule has 0 amide bonds. The number of hydrogen-bond donors (Lipinski definition) is 0. The van der Waals surface area contributed by atoms with Crippen LogP contribution >= 0.6 is 15.9 Å². The lowest BCUT2D eigenvalue weighted by Gasteiger charge is -2.12. The number of benzene rings is 4. The van der Waals surface area contributed by atoms with Crippen LogP contribution in [0.25, 0.3) is 55.8 Å². The molecule has 6 aromatic rings. The summed E-state index contributed by atoms with van der Waals surface area (Å²) < 4.78 is 0.953. The molecule has 37 heavy (non-hydrogen) atoms. The molecule has 0 aliphatic rings. The monoisotopic (exact) mass is 538 g/mol. The van der Waals surface area contributed by atoms with Crippen LogP contribution in [-0.2, 0) is 0 Å². The molecule has 2 heterocycles. The van der Waals surface area contributed by atoms with Crippen molar-refractivity contribution in [1.29, 1.82) is 5.26 Å². The number of nitriles is 1. The quantitative estimate of drug-likeness (QED) is 0.226. The number of pyridine rings is 1. The van der Waals surface area contributed by atoms with Gasteiger partial charge in [-0.15, -0.1) is 0 Å². The van der Waals surface area contributed by atoms with Gasteiger partial charge in [0.15, 0.2) is 5.82 Å². The average Bonchev–Trinajstić information content (AvgIpc) is 2.97. The molecule has 0 saturated heterocycles. The van der Waals surface area contributed by atoms with Gasteiger partial charge in [0.05, 0.1) is 23.0 Å². The molecular formula is C32H19BrN4. The molecule has 0 radical (unpaired) electrons. The van der Waals surface area contributed by atoms with E-state index in [4.69, 9.17) is 9.97 Å². The first-order chi connectivity index (χ1) is 18.2. The van der Waals surface area contributed by atoms with Crippen molar-refractivity contribution in [3.05, 3.63) is 126 Å². The van der Waals surface area contributed by atoms with Crippen LogP contribution in [0.1, 0.15) is 5.56 Å². The average molecular weight is 539 g/mol. The summed E-state index contributed by atoms with van der Waals surface area (Å²) in [5, 5.41) is 11.6. The summed E-state index contributed by atoms with van der Waals surface area (Å²) in [7, 11) is 0. The maximum Gasteiger partial charge on any atom is 0.160 e. The Morgan fingerprint density at radius 3 is 2.08 bits per heavy atom. The zero-order chi connectivity index (χ0) is 25.2. The summed E-state index contributed by atoms with van der Waals surface area (Å²) in [5.74, 6) is 0.605. The summed E-state index contributed by atoms with van der Waals surface area (Å²) in [5.41, 5.74) is 7.15. The van der Waals surface area contributed by atoms with Gasteiger partial charge in [0.25, 0.3) is 0 Å². The minimum absolute atomic E-state index is 0.600. The number of nitrogens with zero attached hydrogens (tertiary/aromatic N) is 4. The second-order valence-corrected chi connectivity index (χ2v) is 9.60. The highest BCUT2D eigenvalue weighted by atomic mass is 79.9. The van der Waals surface area contributed by atoms with Crippen molar-refractivity contribution in [2.75, 3.05) is 0 Å². The fraction of sp³-hybridized carbons (Fsp3) is 0. The lowest BCUT2D eigenvalue weighted by molar-refractivity contribution is 1.18. The molecule has 0 aliphatic heterocycles. The number of aromatic nitrogens is 3. The molecule has 4 nitrogen and oxygen atoms in total. The first-order valence-electron chi connectivity index (χ1n) is 11.8. The van der Waals surface area contributed by atoms with Crippen molar-refractivity contribution < 1.29 is 0 Å². The van der Waals surface area contributed by atoms with Crippen LogP contribution in [0.4, 0.5) is 0 Å². The van der Waals surface area contributed by atoms with E-state index >= 15 is 0 Å². The van der Waals surface area contributed by atoms with Crippen LogP contribution in [-0.4, -0.2) is 15.0 Å². The largest absolute Gasteiger partial charge is 0.264 e. The first kappa shape index (κ1) is 22.8. The number of hydrogen-bond acceptors (Lipinski definition) is 4. The van der Waals surface area contributed by atoms with Crippen LogP contribution < -0.4 is 0 Å². The lowest BCUT2D eigenvalue weighted by atomic mass is 10.0. The van der Waals surface area contributed by atoms with E-state index in [1.54, 1.807) is 18.3 Å². The van der Waals surface area contributed by atoms with Gasteiger partial charge < -0.3 is 0 Å². The molecule has 4 aromatic carbocycles. The third-order valence-corrected chi connectivity index (χ3v) is 6.69. The molecule has 0 N–H and O–H groups in total. The maximum atomic E-state index is 9.23. The summed E-state index contributed by atoms with van der Waals surface area (Å²) in [6.45, 7) is 0. The molecule has 0 atom stereocenters. The fourth-order valence-electron chi connectivity index (χ4n) is 4.35. The van der Waals surface area contributed by atoms with Gasteiger partial charge in [-0.25, -0.2) is 9.97 Å². The molecule has 2 aromatic heterocycles. The molecular weight excluding hydrogens is 520 g/mol. The molecule has 0 bridgehead atoms. The summed E-state index contributed by atoms with van der Waals surface area (Å²) in [6.07, 6.45) is 3.63. The Balaban J connectivity index is 1.54. The van der Waals surface area contributed by atoms with Crippen LogP contribution in [0, 0.1) is 11.3 Å². The Morgan fingerprint density at radius 2 is 1.32 bits per heavy atom. The standard InChI is InChI=1S/C32H19BrN4/c33-29-16-27(26-6-3-13-35-20-26)15-28(17-29)31-18-30(25-12-11-22-4-1-2-5-24(22)14-25)36-32(37-31)23-9-7-21(19-34)8-10-23/h1-18,20H. The Kier molecular flexibility index (Phi) is 6.02. The Bertz CT molecular complexity index is 1790. The molecule has 0 fully saturated rings. The van der Waals surface area contributed by atoms with Crippen molar-refractivity contribution in [3.8, 4) is 51.1 Å². The minimum Gasteiger partial charge on any atom is -0.264 e. The summed E-state index contributed by atoms with van der Waals surface area (Å²) in [6, 6.07) is 36.5. The normalized spacial score (nSPS) is 10.8. The SMILES string of the molecule is N#Cc1ccc(-c2nc(-c3cc(Br)cc(-c4cccnc4)c3)cc(-c3ccc4ccccc4c3)n2)cc1. The molecule has 0 unspecified atom stereocenters. The lowest BCUT2D eigenvalue weighted by Crippen LogP contribution is -1.96. The van der Waals surface area contributed by atoms with Crippen molar-refractivity contribution in [2.45, 2.75) is 0 Å². The van der Waals surface area contributed by atoms with Crippen molar-refractivity contribution in [2.24, 2.45) is 0 Å². The zero-order valence-corrected chi connectivity index (χ0v) is 21.2. The van der Waals surface area contributed by atoms with E-state index in [-0.39, 0.29) is 0 Å². The topological polar surface area (TPSA) is 62.5 Å². The molecule has 0 aliphatic carbocycles. The van der Waals surface area contributed by atoms with Crippen LogP contribution in [0.2, 0.25) is 0 Å². The predicted octanol–water partition coefficient (Wildman–Crippen LogP) is 8.33. The highest BCUT2D eigenvalue weighted by Crippen LogP contribution is 2.33. The Labute approximate surface area is 223 Å². The number of halogens is 1. The summed E-state index contributed by atoms with van der Waals surface area (Å²) in [4.78, 5) is 14.2. The number of fused-ring (bicyclic) bond motifs is 1. The van der Waals surface area contributed by atoms with Gasteiger partial charge in [0.1, 0.15) is 0 Å². The fourth-order valence-corrected chi connectivity index (χ4v) is 4.85. The van der Waals surface area contributed by atoms with E-state index in [2.05, 4.69) is 75.5 Å². The summed E-state index contributed by atoms with van der Waals surface area (Å²) >= 11 is 3.68. The first-order valence-corrected chi connectivity index (χ1v) is 12.6. The molecule has 174 valence electrons. The Hall–Kier alpha value is -4.66. The van der Waals surface area contributed by atoms with Gasteiger partial charge in [0, 0.05) is 39.1 Å². The van der Waals surface area contributed by atoms with Crippen LogP contribution in [0.3, 0.4) is 0 Å². The Morgan fingerprint density at radius 1 is 0.595 bits per heavy atom. The zero-order valence-electron chi connectivity index (χ0n) is 19.6. The van der Waals surface area contributed by atoms with E-state index in [1.807, 2.05) is 48.7 Å². The molecule has 5 heteroatoms. The smallest absolute Gasteiger partial charge is 0.160 e. The van der Waals surface area contributed by atoms with E-state index in [9.17, 15) is 5.26 Å². The van der Waals surface area contributed by atoms with Gasteiger partial charge in [-0.05, 0) is 77.0 Å². The molecule has 6 rings (SSSR count). The van der Waals surface area contributed by atoms with Gasteiger partial charge in [-0.3, -0.25) is 4.98 Å². The molecule has 0 spiro atoms. The number of rotatable bonds is 4. The van der Waals surface area contributed by atoms with E-state index < -0.39 is 0 Å². The third kappa shape index (κ3) is 4.75. The van der Waals surface area contributed by atoms with Crippen LogP contribution in [0.5, 0.6) is 0 Å². The van der Waals surface area contributed by atoms with Crippen molar-refractivity contribution in [3.63, 3.8) is 0 Å². The van der Waals surface area contributed by atoms with E-state index in [1.165, 1.54) is 5.39 Å². The van der Waals surface area contributed by atoms with Gasteiger partial charge in [-0.1, -0.05) is 58.4 Å². The predicted molar refractivity (Wildman–Crippen MR) is 151 cm³/mol. The van der Waals surface area contributed by atoms with E-state index in [0.717, 1.165) is 49.1 Å². The third-order valence-electron chi connectivity index (χ3n) is 6.23.